The molecule has 0 fully saturated rings. The first kappa shape index (κ1) is 32.0. The molecule has 256 valence electrons. The highest BCUT2D eigenvalue weighted by Gasteiger charge is 2.35. The minimum absolute atomic E-state index is 0.0522. The van der Waals surface area contributed by atoms with Crippen molar-refractivity contribution in [3.8, 4) is 39.1 Å². The van der Waals surface area contributed by atoms with Gasteiger partial charge >= 0.3 is 0 Å². The van der Waals surface area contributed by atoms with E-state index < -0.39 is 0 Å². The van der Waals surface area contributed by atoms with Crippen molar-refractivity contribution in [3.05, 3.63) is 222 Å². The number of rotatable bonds is 6. The zero-order valence-corrected chi connectivity index (χ0v) is 30.5. The number of nitrogens with zero attached hydrogens (tertiary/aromatic N) is 1. The van der Waals surface area contributed by atoms with Crippen LogP contribution in [0.4, 0.5) is 0 Å². The second kappa shape index (κ2) is 12.8. The van der Waals surface area contributed by atoms with E-state index in [0.717, 1.165) is 0 Å². The van der Waals surface area contributed by atoms with E-state index in [1.807, 2.05) is 0 Å². The van der Waals surface area contributed by atoms with Gasteiger partial charge in [-0.2, -0.15) is 0 Å². The normalized spacial score (nSPS) is 13.3. The van der Waals surface area contributed by atoms with Crippen LogP contribution in [0.2, 0.25) is 0 Å². The van der Waals surface area contributed by atoms with Gasteiger partial charge in [0, 0.05) is 21.9 Å². The largest absolute Gasteiger partial charge is 0.309 e. The first-order valence-electron chi connectivity index (χ1n) is 18.8. The second-order valence-corrected chi connectivity index (χ2v) is 15.0. The minimum atomic E-state index is -0.0522. The van der Waals surface area contributed by atoms with Crippen molar-refractivity contribution in [2.75, 3.05) is 0 Å². The summed E-state index contributed by atoms with van der Waals surface area (Å²) in [6.07, 6.45) is 2.37. The van der Waals surface area contributed by atoms with Gasteiger partial charge in [0.25, 0.3) is 0 Å². The molecule has 1 heterocycles. The van der Waals surface area contributed by atoms with E-state index in [1.54, 1.807) is 0 Å². The van der Waals surface area contributed by atoms with Crippen LogP contribution in [0.3, 0.4) is 0 Å². The minimum Gasteiger partial charge on any atom is -0.309 e. The van der Waals surface area contributed by atoms with Crippen molar-refractivity contribution in [1.82, 2.24) is 4.57 Å². The van der Waals surface area contributed by atoms with Gasteiger partial charge in [0.1, 0.15) is 0 Å². The summed E-state index contributed by atoms with van der Waals surface area (Å²) in [6, 6.07) is 70.9. The molecular weight excluding hydrogens is 651 g/mol. The lowest BCUT2D eigenvalue weighted by molar-refractivity contribution is 0.660. The molecule has 54 heavy (non-hydrogen) atoms. The van der Waals surface area contributed by atoms with Crippen LogP contribution in [0.5, 0.6) is 0 Å². The Labute approximate surface area is 317 Å². The van der Waals surface area contributed by atoms with E-state index in [9.17, 15) is 0 Å². The maximum Gasteiger partial charge on any atom is 0.0541 e. The van der Waals surface area contributed by atoms with Gasteiger partial charge in [0.15, 0.2) is 0 Å². The summed E-state index contributed by atoms with van der Waals surface area (Å²) < 4.78 is 2.37. The molecule has 0 aliphatic heterocycles. The van der Waals surface area contributed by atoms with Gasteiger partial charge in [0.05, 0.1) is 11.0 Å². The van der Waals surface area contributed by atoms with Crippen LogP contribution in [0.25, 0.3) is 72.5 Å². The maximum atomic E-state index is 2.41. The molecule has 1 aromatic heterocycles. The smallest absolute Gasteiger partial charge is 0.0541 e. The average molecular weight is 690 g/mol. The molecule has 8 aromatic carbocycles. The Morgan fingerprint density at radius 3 is 1.72 bits per heavy atom. The predicted molar refractivity (Wildman–Crippen MR) is 229 cm³/mol. The number of hydrogen-bond donors (Lipinski definition) is 0. The summed E-state index contributed by atoms with van der Waals surface area (Å²) in [7, 11) is 0. The number of hydrogen-bond acceptors (Lipinski definition) is 0. The lowest BCUT2D eigenvalue weighted by Gasteiger charge is -2.21. The van der Waals surface area contributed by atoms with E-state index in [4.69, 9.17) is 0 Å². The van der Waals surface area contributed by atoms with Crippen LogP contribution < -0.4 is 0 Å². The van der Waals surface area contributed by atoms with Crippen molar-refractivity contribution in [1.29, 1.82) is 0 Å². The molecule has 1 nitrogen and oxygen atoms in total. The number of para-hydroxylation sites is 2. The van der Waals surface area contributed by atoms with Crippen molar-refractivity contribution in [2.24, 2.45) is 0 Å². The topological polar surface area (TPSA) is 4.93 Å². The fourth-order valence-electron chi connectivity index (χ4n) is 8.63. The Balaban J connectivity index is 1.06. The summed E-state index contributed by atoms with van der Waals surface area (Å²) in [5.74, 6) is 0. The highest BCUT2D eigenvalue weighted by atomic mass is 15.0. The van der Waals surface area contributed by atoms with Gasteiger partial charge in [-0.1, -0.05) is 178 Å². The molecule has 0 spiro atoms. The molecule has 0 N–H and O–H groups in total. The molecular formula is C53H39N. The molecule has 0 amide bonds. The standard InChI is InChI=1S/C53H39N/c1-53(2)49-19-11-9-17-44(49)45-31-21-36(34-50(45)53)33-47(40-26-22-38(23-27-40)37-13-5-3-6-14-37)41-28-24-39(25-29-41)42-30-32-52-48(35-42)46-18-10-12-20-51(46)54(52)43-15-7-4-8-16-43/h3-35H,1-2H3/b47-33+. The van der Waals surface area contributed by atoms with E-state index in [1.165, 1.54) is 94.3 Å². The summed E-state index contributed by atoms with van der Waals surface area (Å²) >= 11 is 0. The zero-order valence-electron chi connectivity index (χ0n) is 30.5. The van der Waals surface area contributed by atoms with Gasteiger partial charge in [-0.3, -0.25) is 0 Å². The Hall–Kier alpha value is -6.70. The molecule has 1 aliphatic rings. The van der Waals surface area contributed by atoms with Gasteiger partial charge in [-0.15, -0.1) is 0 Å². The third-order valence-electron chi connectivity index (χ3n) is 11.4. The molecule has 0 saturated heterocycles. The predicted octanol–water partition coefficient (Wildman–Crippen LogP) is 14.0. The van der Waals surface area contributed by atoms with Crippen molar-refractivity contribution < 1.29 is 0 Å². The third-order valence-corrected chi connectivity index (χ3v) is 11.4. The SMILES string of the molecule is CC1(C)c2ccccc2-c2ccc(/C=C(\c3ccc(-c4ccccc4)cc3)c3ccc(-c4ccc5c(c4)c4ccccc4n5-c4ccccc4)cc3)cc21. The van der Waals surface area contributed by atoms with Gasteiger partial charge in [0.2, 0.25) is 0 Å². The van der Waals surface area contributed by atoms with Crippen molar-refractivity contribution in [3.63, 3.8) is 0 Å². The van der Waals surface area contributed by atoms with Crippen LogP contribution in [0, 0.1) is 0 Å². The van der Waals surface area contributed by atoms with E-state index in [-0.39, 0.29) is 5.41 Å². The van der Waals surface area contributed by atoms with Gasteiger partial charge < -0.3 is 4.57 Å². The van der Waals surface area contributed by atoms with Gasteiger partial charge in [-0.05, 0) is 103 Å². The Bertz CT molecular complexity index is 2850. The molecule has 10 rings (SSSR count). The monoisotopic (exact) mass is 689 g/mol. The zero-order chi connectivity index (χ0) is 36.2. The number of aromatic nitrogens is 1. The average Bonchev–Trinajstić information content (AvgIpc) is 3.68. The molecule has 0 bridgehead atoms. The van der Waals surface area contributed by atoms with Crippen molar-refractivity contribution >= 4 is 33.5 Å². The molecule has 0 radical (unpaired) electrons. The molecule has 0 saturated carbocycles. The van der Waals surface area contributed by atoms with Crippen LogP contribution in [0.15, 0.2) is 194 Å². The Morgan fingerprint density at radius 2 is 0.981 bits per heavy atom. The van der Waals surface area contributed by atoms with Crippen LogP contribution in [-0.4, -0.2) is 4.57 Å². The Kier molecular flexibility index (Phi) is 7.56. The summed E-state index contributed by atoms with van der Waals surface area (Å²) in [5.41, 5.74) is 18.7. The molecule has 1 heteroatoms. The second-order valence-electron chi connectivity index (χ2n) is 15.0. The fourth-order valence-corrected chi connectivity index (χ4v) is 8.63. The van der Waals surface area contributed by atoms with Crippen molar-refractivity contribution in [2.45, 2.75) is 19.3 Å². The van der Waals surface area contributed by atoms with E-state index in [0.29, 0.717) is 0 Å². The fraction of sp³-hybridized carbons (Fsp3) is 0.0566. The highest BCUT2D eigenvalue weighted by Crippen LogP contribution is 2.49. The highest BCUT2D eigenvalue weighted by molar-refractivity contribution is 6.10. The lowest BCUT2D eigenvalue weighted by atomic mass is 9.82. The van der Waals surface area contributed by atoms with Gasteiger partial charge in [-0.25, -0.2) is 0 Å². The molecule has 0 atom stereocenters. The first-order chi connectivity index (χ1) is 26.5. The molecule has 0 unspecified atom stereocenters. The van der Waals surface area contributed by atoms with Crippen LogP contribution >= 0.6 is 0 Å². The number of fused-ring (bicyclic) bond motifs is 6. The van der Waals surface area contributed by atoms with Crippen LogP contribution in [-0.2, 0) is 5.41 Å². The number of benzene rings is 8. The molecule has 1 aliphatic carbocycles. The van der Waals surface area contributed by atoms with Crippen LogP contribution in [0.1, 0.15) is 41.7 Å². The summed E-state index contributed by atoms with van der Waals surface area (Å²) in [5, 5.41) is 2.52. The Morgan fingerprint density at radius 1 is 0.426 bits per heavy atom. The van der Waals surface area contributed by atoms with E-state index in [2.05, 4.69) is 219 Å². The van der Waals surface area contributed by atoms with E-state index >= 15 is 0 Å². The maximum absolute atomic E-state index is 2.41. The molecule has 9 aromatic rings. The quantitative estimate of drug-likeness (QED) is 0.153. The third kappa shape index (κ3) is 5.32. The summed E-state index contributed by atoms with van der Waals surface area (Å²) in [4.78, 5) is 0. The summed E-state index contributed by atoms with van der Waals surface area (Å²) in [6.45, 7) is 4.70. The lowest BCUT2D eigenvalue weighted by Crippen LogP contribution is -2.14. The first-order valence-corrected chi connectivity index (χ1v) is 18.8.